The summed E-state index contributed by atoms with van der Waals surface area (Å²) in [4.78, 5) is 2.72. The summed E-state index contributed by atoms with van der Waals surface area (Å²) in [5.74, 6) is 0. The molecule has 2 atom stereocenters. The summed E-state index contributed by atoms with van der Waals surface area (Å²) in [7, 11) is 0. The van der Waals surface area contributed by atoms with E-state index in [0.717, 1.165) is 18.6 Å². The highest BCUT2D eigenvalue weighted by Gasteiger charge is 2.26. The van der Waals surface area contributed by atoms with Gasteiger partial charge in [0.1, 0.15) is 0 Å². The van der Waals surface area contributed by atoms with Gasteiger partial charge in [-0.05, 0) is 31.7 Å². The Morgan fingerprint density at radius 2 is 1.94 bits per heavy atom. The van der Waals surface area contributed by atoms with Crippen LogP contribution in [-0.2, 0) is 6.54 Å². The van der Waals surface area contributed by atoms with Crippen LogP contribution in [0.5, 0.6) is 0 Å². The van der Waals surface area contributed by atoms with Crippen molar-refractivity contribution in [3.05, 3.63) is 35.9 Å². The van der Waals surface area contributed by atoms with Crippen LogP contribution >= 0.6 is 0 Å². The molecule has 0 spiro atoms. The van der Waals surface area contributed by atoms with Crippen LogP contribution in [0, 0.1) is 0 Å². The van der Waals surface area contributed by atoms with Crippen molar-refractivity contribution in [3.8, 4) is 0 Å². The maximum Gasteiger partial charge on any atom is 0.0239 e. The fourth-order valence-corrected chi connectivity index (χ4v) is 3.06. The van der Waals surface area contributed by atoms with Gasteiger partial charge in [-0.3, -0.25) is 4.90 Å². The molecule has 1 aromatic rings. The maximum absolute atomic E-state index is 2.72. The first-order valence-corrected chi connectivity index (χ1v) is 7.11. The molecule has 1 aliphatic rings. The molecule has 94 valence electrons. The molecule has 1 aromatic carbocycles. The third kappa shape index (κ3) is 3.32. The monoisotopic (exact) mass is 231 g/mol. The molecule has 0 bridgehead atoms. The standard InChI is InChI=1S/C16H25N/c1-3-8-16-12-7-9-14(2)17(16)13-15-10-5-4-6-11-15/h4-6,10-11,14,16H,3,7-9,12-13H2,1-2H3/t14-,16-/m1/s1. The van der Waals surface area contributed by atoms with Gasteiger partial charge in [-0.2, -0.15) is 0 Å². The molecule has 1 saturated heterocycles. The first-order chi connectivity index (χ1) is 8.31. The summed E-state index contributed by atoms with van der Waals surface area (Å²) >= 11 is 0. The molecule has 0 unspecified atom stereocenters. The van der Waals surface area contributed by atoms with Gasteiger partial charge < -0.3 is 0 Å². The highest BCUT2D eigenvalue weighted by Crippen LogP contribution is 2.27. The van der Waals surface area contributed by atoms with E-state index in [0.29, 0.717) is 0 Å². The molecule has 2 rings (SSSR count). The molecule has 0 N–H and O–H groups in total. The second-order valence-corrected chi connectivity index (χ2v) is 5.38. The van der Waals surface area contributed by atoms with Gasteiger partial charge >= 0.3 is 0 Å². The van der Waals surface area contributed by atoms with Crippen molar-refractivity contribution in [1.82, 2.24) is 4.90 Å². The fraction of sp³-hybridized carbons (Fsp3) is 0.625. The molecule has 1 nitrogen and oxygen atoms in total. The lowest BCUT2D eigenvalue weighted by atomic mass is 9.93. The van der Waals surface area contributed by atoms with E-state index in [1.165, 1.54) is 37.7 Å². The third-order valence-electron chi connectivity index (χ3n) is 4.02. The third-order valence-corrected chi connectivity index (χ3v) is 4.02. The SMILES string of the molecule is CCC[C@@H]1CCC[C@@H](C)N1Cc1ccccc1. The molecule has 17 heavy (non-hydrogen) atoms. The number of nitrogens with zero attached hydrogens (tertiary/aromatic N) is 1. The van der Waals surface area contributed by atoms with Crippen molar-refractivity contribution in [2.45, 2.75) is 64.6 Å². The molecular formula is C16H25N. The Bertz CT molecular complexity index is 318. The van der Waals surface area contributed by atoms with Crippen LogP contribution in [0.15, 0.2) is 30.3 Å². The number of likely N-dealkylation sites (tertiary alicyclic amines) is 1. The Hall–Kier alpha value is -0.820. The molecule has 0 radical (unpaired) electrons. The number of hydrogen-bond acceptors (Lipinski definition) is 1. The summed E-state index contributed by atoms with van der Waals surface area (Å²) in [6.45, 7) is 5.83. The second-order valence-electron chi connectivity index (χ2n) is 5.38. The van der Waals surface area contributed by atoms with E-state index in [4.69, 9.17) is 0 Å². The van der Waals surface area contributed by atoms with E-state index in [-0.39, 0.29) is 0 Å². The van der Waals surface area contributed by atoms with Crippen molar-refractivity contribution in [1.29, 1.82) is 0 Å². The summed E-state index contributed by atoms with van der Waals surface area (Å²) in [5, 5.41) is 0. The zero-order valence-electron chi connectivity index (χ0n) is 11.2. The van der Waals surface area contributed by atoms with Gasteiger partial charge in [-0.1, -0.05) is 50.1 Å². The predicted octanol–water partition coefficient (Wildman–Crippen LogP) is 4.23. The van der Waals surface area contributed by atoms with E-state index < -0.39 is 0 Å². The zero-order valence-corrected chi connectivity index (χ0v) is 11.2. The Labute approximate surface area is 106 Å². The van der Waals surface area contributed by atoms with Crippen molar-refractivity contribution in [3.63, 3.8) is 0 Å². The van der Waals surface area contributed by atoms with Gasteiger partial charge in [0, 0.05) is 18.6 Å². The summed E-state index contributed by atoms with van der Waals surface area (Å²) in [6, 6.07) is 12.5. The number of benzene rings is 1. The molecule has 0 saturated carbocycles. The normalized spacial score (nSPS) is 26.0. The molecule has 0 aliphatic carbocycles. The summed E-state index contributed by atoms with van der Waals surface area (Å²) < 4.78 is 0. The Morgan fingerprint density at radius 1 is 1.18 bits per heavy atom. The summed E-state index contributed by atoms with van der Waals surface area (Å²) in [5.41, 5.74) is 1.46. The second kappa shape index (κ2) is 6.20. The lowest BCUT2D eigenvalue weighted by molar-refractivity contribution is 0.0786. The zero-order chi connectivity index (χ0) is 12.1. The van der Waals surface area contributed by atoms with E-state index in [2.05, 4.69) is 49.1 Å². The highest BCUT2D eigenvalue weighted by atomic mass is 15.2. The molecule has 0 amide bonds. The first kappa shape index (κ1) is 12.6. The van der Waals surface area contributed by atoms with Crippen molar-refractivity contribution in [2.24, 2.45) is 0 Å². The molecule has 1 fully saturated rings. The maximum atomic E-state index is 2.72. The lowest BCUT2D eigenvalue weighted by Crippen LogP contribution is -2.44. The number of piperidine rings is 1. The van der Waals surface area contributed by atoms with E-state index in [1.54, 1.807) is 0 Å². The van der Waals surface area contributed by atoms with E-state index in [1.807, 2.05) is 0 Å². The van der Waals surface area contributed by atoms with E-state index in [9.17, 15) is 0 Å². The molecule has 0 aromatic heterocycles. The van der Waals surface area contributed by atoms with Crippen LogP contribution in [0.4, 0.5) is 0 Å². The predicted molar refractivity (Wildman–Crippen MR) is 74.0 cm³/mol. The topological polar surface area (TPSA) is 3.24 Å². The van der Waals surface area contributed by atoms with Crippen molar-refractivity contribution in [2.75, 3.05) is 0 Å². The summed E-state index contributed by atoms with van der Waals surface area (Å²) in [6.07, 6.45) is 6.84. The minimum absolute atomic E-state index is 0.750. The van der Waals surface area contributed by atoms with Crippen LogP contribution in [0.3, 0.4) is 0 Å². The largest absolute Gasteiger partial charge is 0.293 e. The van der Waals surface area contributed by atoms with E-state index >= 15 is 0 Å². The van der Waals surface area contributed by atoms with Gasteiger partial charge in [0.2, 0.25) is 0 Å². The average Bonchev–Trinajstić information content (AvgIpc) is 2.35. The lowest BCUT2D eigenvalue weighted by Gasteiger charge is -2.41. The average molecular weight is 231 g/mol. The minimum Gasteiger partial charge on any atom is -0.293 e. The van der Waals surface area contributed by atoms with Crippen LogP contribution in [0.2, 0.25) is 0 Å². The van der Waals surface area contributed by atoms with Crippen LogP contribution in [-0.4, -0.2) is 17.0 Å². The Kier molecular flexibility index (Phi) is 4.61. The van der Waals surface area contributed by atoms with Gasteiger partial charge in [0.25, 0.3) is 0 Å². The molecule has 1 heteroatoms. The fourth-order valence-electron chi connectivity index (χ4n) is 3.06. The van der Waals surface area contributed by atoms with Crippen LogP contribution in [0.1, 0.15) is 51.5 Å². The first-order valence-electron chi connectivity index (χ1n) is 7.11. The van der Waals surface area contributed by atoms with Crippen LogP contribution < -0.4 is 0 Å². The van der Waals surface area contributed by atoms with Crippen molar-refractivity contribution >= 4 is 0 Å². The quantitative estimate of drug-likeness (QED) is 0.749. The minimum atomic E-state index is 0.750. The molecule has 1 aliphatic heterocycles. The smallest absolute Gasteiger partial charge is 0.0239 e. The van der Waals surface area contributed by atoms with Crippen molar-refractivity contribution < 1.29 is 0 Å². The number of rotatable bonds is 4. The Balaban J connectivity index is 2.04. The van der Waals surface area contributed by atoms with Gasteiger partial charge in [-0.15, -0.1) is 0 Å². The Morgan fingerprint density at radius 3 is 2.65 bits per heavy atom. The molecular weight excluding hydrogens is 206 g/mol. The van der Waals surface area contributed by atoms with Gasteiger partial charge in [0.15, 0.2) is 0 Å². The van der Waals surface area contributed by atoms with Gasteiger partial charge in [-0.25, -0.2) is 0 Å². The number of hydrogen-bond donors (Lipinski definition) is 0. The van der Waals surface area contributed by atoms with Crippen LogP contribution in [0.25, 0.3) is 0 Å². The molecule has 1 heterocycles. The van der Waals surface area contributed by atoms with Gasteiger partial charge in [0.05, 0.1) is 0 Å². The highest BCUT2D eigenvalue weighted by molar-refractivity contribution is 5.14.